The van der Waals surface area contributed by atoms with E-state index in [9.17, 15) is 9.59 Å². The maximum atomic E-state index is 12.9. The fraction of sp³-hybridized carbons (Fsp3) is 0.872. The molecule has 0 radical (unpaired) electrons. The van der Waals surface area contributed by atoms with E-state index in [1.54, 1.807) is 10.5 Å². The van der Waals surface area contributed by atoms with E-state index < -0.39 is 0 Å². The number of amides is 1. The van der Waals surface area contributed by atoms with Gasteiger partial charge in [-0.1, -0.05) is 103 Å². The molecule has 5 nitrogen and oxygen atoms in total. The average Bonchev–Trinajstić information content (AvgIpc) is 3.52. The maximum Gasteiger partial charge on any atom is 0.409 e. The molecule has 7 heteroatoms. The van der Waals surface area contributed by atoms with Crippen molar-refractivity contribution in [3.63, 3.8) is 0 Å². The summed E-state index contributed by atoms with van der Waals surface area (Å²) < 4.78 is 11.7. The summed E-state index contributed by atoms with van der Waals surface area (Å²) in [6, 6.07) is 0. The van der Waals surface area contributed by atoms with Gasteiger partial charge in [0.1, 0.15) is 6.10 Å². The molecule has 54 heavy (non-hydrogen) atoms. The molecule has 0 saturated heterocycles. The highest BCUT2D eigenvalue weighted by Crippen LogP contribution is 2.67. The molecule has 4 rings (SSSR count). The Bertz CT molecular complexity index is 1170. The number of ether oxygens (including phenoxy) is 2. The summed E-state index contributed by atoms with van der Waals surface area (Å²) in [4.78, 5) is 26.9. The molecule has 3 fully saturated rings. The van der Waals surface area contributed by atoms with Crippen LogP contribution < -0.4 is 0 Å². The van der Waals surface area contributed by atoms with E-state index in [0.717, 1.165) is 68.6 Å². The van der Waals surface area contributed by atoms with Crippen LogP contribution in [0.3, 0.4) is 0 Å². The van der Waals surface area contributed by atoms with E-state index in [2.05, 4.69) is 45.9 Å². The quantitative estimate of drug-likeness (QED) is 0.0400. The van der Waals surface area contributed by atoms with Crippen molar-refractivity contribution < 1.29 is 19.1 Å². The first-order valence-corrected chi connectivity index (χ1v) is 23.8. The normalized spacial score (nSPS) is 29.6. The molecule has 5 unspecified atom stereocenters. The number of esters is 1. The van der Waals surface area contributed by atoms with Crippen molar-refractivity contribution in [1.29, 1.82) is 0 Å². The van der Waals surface area contributed by atoms with E-state index >= 15 is 0 Å². The van der Waals surface area contributed by atoms with Crippen molar-refractivity contribution in [2.75, 3.05) is 31.5 Å². The molecule has 0 spiro atoms. The standard InChI is InChI=1S/C47H79Cl2NO4/c1-5-6-7-8-9-10-11-12-13-14-15-16-17-18-19-22-44(51)54-39-27-29-46(3)38(36-39)23-24-40-42-26-25-41(47(42,4)30-28-43(40)46)37(2)21-20-35-53-45(52)50(33-31-48)34-32-49/h12-13,23,37,39-43H,5-11,14-22,24-36H2,1-4H3/t37?,39-,40?,41?,42?,43?,46-,47+/m0/s1. The smallest absolute Gasteiger partial charge is 0.409 e. The predicted octanol–water partition coefficient (Wildman–Crippen LogP) is 13.8. The summed E-state index contributed by atoms with van der Waals surface area (Å²) in [6.07, 6.45) is 35.8. The molecule has 0 aromatic heterocycles. The third-order valence-corrected chi connectivity index (χ3v) is 15.1. The molecule has 0 heterocycles. The number of fused-ring (bicyclic) bond motifs is 5. The Hall–Kier alpha value is -1.20. The number of alkyl halides is 2. The first-order chi connectivity index (χ1) is 26.2. The Kier molecular flexibility index (Phi) is 20.1. The van der Waals surface area contributed by atoms with E-state index in [4.69, 9.17) is 32.7 Å². The number of hydrogen-bond acceptors (Lipinski definition) is 4. The molecule has 4 aliphatic carbocycles. The van der Waals surface area contributed by atoms with Gasteiger partial charge in [0.2, 0.25) is 0 Å². The third-order valence-electron chi connectivity index (χ3n) is 14.8. The van der Waals surface area contributed by atoms with Crippen LogP contribution in [0.5, 0.6) is 0 Å². The highest BCUT2D eigenvalue weighted by Gasteiger charge is 2.59. The first-order valence-electron chi connectivity index (χ1n) is 22.8. The van der Waals surface area contributed by atoms with Crippen LogP contribution >= 0.6 is 23.2 Å². The van der Waals surface area contributed by atoms with Gasteiger partial charge < -0.3 is 14.4 Å². The van der Waals surface area contributed by atoms with Gasteiger partial charge in [0.15, 0.2) is 0 Å². The number of allylic oxidation sites excluding steroid dienone is 3. The predicted molar refractivity (Wildman–Crippen MR) is 227 cm³/mol. The third kappa shape index (κ3) is 12.9. The van der Waals surface area contributed by atoms with Gasteiger partial charge in [-0.05, 0) is 130 Å². The number of nitrogens with zero attached hydrogens (tertiary/aromatic N) is 1. The number of unbranched alkanes of at least 4 members (excludes halogenated alkanes) is 11. The van der Waals surface area contributed by atoms with Gasteiger partial charge in [-0.2, -0.15) is 0 Å². The molecular weight excluding hydrogens is 713 g/mol. The summed E-state index contributed by atoms with van der Waals surface area (Å²) in [5.41, 5.74) is 2.24. The summed E-state index contributed by atoms with van der Waals surface area (Å²) in [7, 11) is 0. The molecule has 0 aromatic carbocycles. The number of hydrogen-bond donors (Lipinski definition) is 0. The van der Waals surface area contributed by atoms with Crippen LogP contribution in [-0.4, -0.2) is 54.5 Å². The van der Waals surface area contributed by atoms with E-state index in [-0.39, 0.29) is 23.6 Å². The van der Waals surface area contributed by atoms with E-state index in [1.807, 2.05) is 0 Å². The van der Waals surface area contributed by atoms with Crippen LogP contribution in [0.25, 0.3) is 0 Å². The Labute approximate surface area is 341 Å². The highest BCUT2D eigenvalue weighted by atomic mass is 35.5. The van der Waals surface area contributed by atoms with Crippen LogP contribution in [0.4, 0.5) is 4.79 Å². The van der Waals surface area contributed by atoms with Crippen LogP contribution in [0, 0.1) is 40.4 Å². The maximum absolute atomic E-state index is 12.9. The molecule has 3 saturated carbocycles. The lowest BCUT2D eigenvalue weighted by Crippen LogP contribution is -2.51. The van der Waals surface area contributed by atoms with Gasteiger partial charge in [-0.15, -0.1) is 23.2 Å². The second-order valence-electron chi connectivity index (χ2n) is 18.3. The number of carbonyl (C=O) groups is 2. The lowest BCUT2D eigenvalue weighted by molar-refractivity contribution is -0.151. The molecule has 0 bridgehead atoms. The molecule has 0 N–H and O–H groups in total. The van der Waals surface area contributed by atoms with Crippen LogP contribution in [-0.2, 0) is 14.3 Å². The second kappa shape index (κ2) is 23.9. The van der Waals surface area contributed by atoms with E-state index in [1.165, 1.54) is 103 Å². The minimum atomic E-state index is -0.297. The molecule has 0 aromatic rings. The van der Waals surface area contributed by atoms with Crippen LogP contribution in [0.1, 0.15) is 182 Å². The Morgan fingerprint density at radius 3 is 2.20 bits per heavy atom. The van der Waals surface area contributed by atoms with Gasteiger partial charge in [-0.3, -0.25) is 4.79 Å². The SMILES string of the molecule is CCCCCCCCC=CCCCCCCCC(=O)O[C@H]1CC[C@@]2(C)C(=CCC3C4CCC(C(C)CCCOC(=O)N(CCCl)CCCl)[C@@]4(C)CCC32)C1. The summed E-state index contributed by atoms with van der Waals surface area (Å²) >= 11 is 11.7. The fourth-order valence-electron chi connectivity index (χ4n) is 11.6. The largest absolute Gasteiger partial charge is 0.462 e. The van der Waals surface area contributed by atoms with Gasteiger partial charge >= 0.3 is 12.1 Å². The van der Waals surface area contributed by atoms with Gasteiger partial charge in [0.25, 0.3) is 0 Å². The minimum absolute atomic E-state index is 0.0212. The number of rotatable bonds is 25. The second-order valence-corrected chi connectivity index (χ2v) is 19.0. The van der Waals surface area contributed by atoms with Crippen molar-refractivity contribution in [2.45, 2.75) is 188 Å². The Morgan fingerprint density at radius 2 is 1.52 bits per heavy atom. The van der Waals surface area contributed by atoms with Crippen molar-refractivity contribution in [3.8, 4) is 0 Å². The Morgan fingerprint density at radius 1 is 0.852 bits per heavy atom. The van der Waals surface area contributed by atoms with Crippen LogP contribution in [0.2, 0.25) is 0 Å². The van der Waals surface area contributed by atoms with Crippen LogP contribution in [0.15, 0.2) is 23.8 Å². The van der Waals surface area contributed by atoms with Gasteiger partial charge in [0, 0.05) is 37.7 Å². The molecule has 1 amide bonds. The zero-order valence-corrected chi connectivity index (χ0v) is 36.6. The molecular formula is C47H79Cl2NO4. The van der Waals surface area contributed by atoms with Crippen molar-refractivity contribution in [2.24, 2.45) is 40.4 Å². The zero-order chi connectivity index (χ0) is 38.8. The van der Waals surface area contributed by atoms with Gasteiger partial charge in [0.05, 0.1) is 6.61 Å². The Balaban J connectivity index is 1.13. The molecule has 8 atom stereocenters. The highest BCUT2D eigenvalue weighted by molar-refractivity contribution is 6.18. The molecule has 310 valence electrons. The lowest BCUT2D eigenvalue weighted by atomic mass is 9.47. The summed E-state index contributed by atoms with van der Waals surface area (Å²) in [5, 5.41) is 0. The fourth-order valence-corrected chi connectivity index (χ4v) is 12.1. The first kappa shape index (κ1) is 45.5. The number of carbonyl (C=O) groups excluding carboxylic acids is 2. The summed E-state index contributed by atoms with van der Waals surface area (Å²) in [5.74, 6) is 4.46. The van der Waals surface area contributed by atoms with Crippen molar-refractivity contribution >= 4 is 35.3 Å². The van der Waals surface area contributed by atoms with E-state index in [0.29, 0.717) is 49.2 Å². The molecule has 0 aliphatic heterocycles. The van der Waals surface area contributed by atoms with Gasteiger partial charge in [-0.25, -0.2) is 4.79 Å². The number of halogens is 2. The van der Waals surface area contributed by atoms with Crippen molar-refractivity contribution in [1.82, 2.24) is 4.90 Å². The zero-order valence-electron chi connectivity index (χ0n) is 35.0. The lowest BCUT2D eigenvalue weighted by Gasteiger charge is -2.58. The average molecular weight is 793 g/mol. The summed E-state index contributed by atoms with van der Waals surface area (Å²) in [6.45, 7) is 11.3. The minimum Gasteiger partial charge on any atom is -0.462 e. The van der Waals surface area contributed by atoms with Crippen molar-refractivity contribution in [3.05, 3.63) is 23.8 Å². The molecule has 4 aliphatic rings. The topological polar surface area (TPSA) is 55.8 Å². The monoisotopic (exact) mass is 792 g/mol.